The largest absolute Gasteiger partial charge is 0.204 e. The molecule has 0 aliphatic heterocycles. The third-order valence-electron chi connectivity index (χ3n) is 3.40. The second kappa shape index (κ2) is 4.80. The first kappa shape index (κ1) is 14.2. The van der Waals surface area contributed by atoms with Gasteiger partial charge in [-0.25, -0.2) is 17.6 Å². The van der Waals surface area contributed by atoms with Crippen LogP contribution in [0.4, 0.5) is 17.6 Å². The van der Waals surface area contributed by atoms with E-state index in [1.165, 1.54) is 0 Å². The van der Waals surface area contributed by atoms with Gasteiger partial charge in [-0.15, -0.1) is 0 Å². The highest BCUT2D eigenvalue weighted by molar-refractivity contribution is 6.56. The van der Waals surface area contributed by atoms with Gasteiger partial charge in [0.25, 0.3) is 0 Å². The molecule has 0 bridgehead atoms. The lowest BCUT2D eigenvalue weighted by atomic mass is 9.99. The molecule has 1 aromatic rings. The Morgan fingerprint density at radius 3 is 1.76 bits per heavy atom. The third-order valence-corrected chi connectivity index (χ3v) is 6.10. The molecule has 0 atom stereocenters. The van der Waals surface area contributed by atoms with Crippen LogP contribution in [0.3, 0.4) is 0 Å². The number of hydrogen-bond donors (Lipinski definition) is 0. The van der Waals surface area contributed by atoms with Gasteiger partial charge in [-0.2, -0.15) is 0 Å². The molecule has 1 aromatic carbocycles. The molecule has 1 rings (SSSR count). The van der Waals surface area contributed by atoms with Crippen molar-refractivity contribution in [2.24, 2.45) is 5.92 Å². The summed E-state index contributed by atoms with van der Waals surface area (Å²) >= 11 is 0. The molecule has 0 nitrogen and oxygen atoms in total. The first-order chi connectivity index (χ1) is 7.66. The molecule has 0 spiro atoms. The van der Waals surface area contributed by atoms with Crippen LogP contribution in [0.5, 0.6) is 0 Å². The molecule has 0 fully saturated rings. The first-order valence-corrected chi connectivity index (χ1v) is 6.90. The molecule has 17 heavy (non-hydrogen) atoms. The molecule has 0 aliphatic rings. The predicted molar refractivity (Wildman–Crippen MR) is 63.3 cm³/mol. The summed E-state index contributed by atoms with van der Waals surface area (Å²) in [7, 11) is -1.46. The summed E-state index contributed by atoms with van der Waals surface area (Å²) < 4.78 is 53.1. The summed E-state index contributed by atoms with van der Waals surface area (Å²) in [6.07, 6.45) is 0. The fourth-order valence-corrected chi connectivity index (χ4v) is 3.41. The van der Waals surface area contributed by atoms with Gasteiger partial charge in [0.1, 0.15) is 0 Å². The van der Waals surface area contributed by atoms with Crippen molar-refractivity contribution in [3.8, 4) is 0 Å². The van der Waals surface area contributed by atoms with Crippen LogP contribution in [0.2, 0.25) is 5.04 Å². The minimum atomic E-state index is -1.46. The monoisotopic (exact) mass is 264 g/mol. The van der Waals surface area contributed by atoms with Crippen molar-refractivity contribution in [1.82, 2.24) is 0 Å². The van der Waals surface area contributed by atoms with E-state index in [4.69, 9.17) is 0 Å². The Kier molecular flexibility index (Phi) is 4.01. The Morgan fingerprint density at radius 1 is 1.00 bits per heavy atom. The highest BCUT2D eigenvalue weighted by atomic mass is 28.2. The van der Waals surface area contributed by atoms with Gasteiger partial charge in [-0.05, 0) is 11.0 Å². The SMILES string of the molecule is CC(C)C(C)(C)[SiH2]c1c(F)c(F)cc(F)c1F. The smallest absolute Gasteiger partial charge is 0.161 e. The highest BCUT2D eigenvalue weighted by Crippen LogP contribution is 2.33. The first-order valence-electron chi connectivity index (χ1n) is 5.48. The van der Waals surface area contributed by atoms with Crippen molar-refractivity contribution in [3.63, 3.8) is 0 Å². The minimum Gasteiger partial charge on any atom is -0.204 e. The van der Waals surface area contributed by atoms with Crippen LogP contribution in [0, 0.1) is 29.2 Å². The molecule has 0 saturated heterocycles. The molecule has 0 heterocycles. The van der Waals surface area contributed by atoms with Crippen LogP contribution in [-0.2, 0) is 0 Å². The number of hydrogen-bond acceptors (Lipinski definition) is 0. The molecule has 0 aliphatic carbocycles. The van der Waals surface area contributed by atoms with Crippen molar-refractivity contribution < 1.29 is 17.6 Å². The second-order valence-corrected chi connectivity index (χ2v) is 8.15. The Bertz CT molecular complexity index is 401. The summed E-state index contributed by atoms with van der Waals surface area (Å²) in [4.78, 5) is 0. The van der Waals surface area contributed by atoms with E-state index in [0.29, 0.717) is 0 Å². The van der Waals surface area contributed by atoms with Gasteiger partial charge < -0.3 is 0 Å². The Balaban J connectivity index is 3.23. The number of halogens is 4. The Hall–Kier alpha value is -0.843. The number of rotatable bonds is 3. The standard InChI is InChI=1S/C12H16F4Si/c1-6(2)12(3,4)17-11-9(15)7(13)5-8(14)10(11)16/h5-6H,17H2,1-4H3. The van der Waals surface area contributed by atoms with Crippen LogP contribution < -0.4 is 5.19 Å². The highest BCUT2D eigenvalue weighted by Gasteiger charge is 2.29. The van der Waals surface area contributed by atoms with Gasteiger partial charge in [0.15, 0.2) is 23.3 Å². The van der Waals surface area contributed by atoms with Crippen LogP contribution in [0.15, 0.2) is 6.07 Å². The minimum absolute atomic E-state index is 0.194. The topological polar surface area (TPSA) is 0 Å². The molecule has 96 valence electrons. The normalized spacial score (nSPS) is 13.0. The van der Waals surface area contributed by atoms with Gasteiger partial charge in [0.05, 0.1) is 9.52 Å². The zero-order valence-corrected chi connectivity index (χ0v) is 11.8. The quantitative estimate of drug-likeness (QED) is 0.447. The maximum absolute atomic E-state index is 13.5. The van der Waals surface area contributed by atoms with Crippen molar-refractivity contribution >= 4 is 14.7 Å². The lowest BCUT2D eigenvalue weighted by Gasteiger charge is -2.29. The van der Waals surface area contributed by atoms with Crippen molar-refractivity contribution in [2.75, 3.05) is 0 Å². The van der Waals surface area contributed by atoms with E-state index in [-0.39, 0.29) is 22.2 Å². The van der Waals surface area contributed by atoms with Crippen molar-refractivity contribution in [1.29, 1.82) is 0 Å². The van der Waals surface area contributed by atoms with Crippen molar-refractivity contribution in [2.45, 2.75) is 32.7 Å². The van der Waals surface area contributed by atoms with E-state index < -0.39 is 32.8 Å². The maximum Gasteiger partial charge on any atom is 0.161 e. The second-order valence-electron chi connectivity index (χ2n) is 5.27. The molecule has 0 amide bonds. The van der Waals surface area contributed by atoms with E-state index in [1.54, 1.807) is 0 Å². The van der Waals surface area contributed by atoms with Crippen LogP contribution in [-0.4, -0.2) is 9.52 Å². The molecule has 0 radical (unpaired) electrons. The fraction of sp³-hybridized carbons (Fsp3) is 0.500. The summed E-state index contributed by atoms with van der Waals surface area (Å²) in [5.74, 6) is -4.90. The summed E-state index contributed by atoms with van der Waals surface area (Å²) in [6, 6.07) is 0.255. The van der Waals surface area contributed by atoms with Crippen LogP contribution in [0.1, 0.15) is 27.7 Å². The lowest BCUT2D eigenvalue weighted by molar-refractivity contribution is 0.455. The third kappa shape index (κ3) is 2.88. The Morgan fingerprint density at radius 2 is 1.41 bits per heavy atom. The molecule has 0 aromatic heterocycles. The summed E-state index contributed by atoms with van der Waals surface area (Å²) in [6.45, 7) is 7.59. The predicted octanol–water partition coefficient (Wildman–Crippen LogP) is 2.89. The van der Waals surface area contributed by atoms with E-state index in [0.717, 1.165) is 0 Å². The van der Waals surface area contributed by atoms with Gasteiger partial charge in [0.2, 0.25) is 0 Å². The van der Waals surface area contributed by atoms with Gasteiger partial charge in [-0.3, -0.25) is 0 Å². The van der Waals surface area contributed by atoms with E-state index >= 15 is 0 Å². The van der Waals surface area contributed by atoms with E-state index in [9.17, 15) is 17.6 Å². The summed E-state index contributed by atoms with van der Waals surface area (Å²) in [5, 5.41) is -0.678. The molecule has 0 N–H and O–H groups in total. The Labute approximate surface area is 101 Å². The average Bonchev–Trinajstić information content (AvgIpc) is 2.21. The fourth-order valence-electron chi connectivity index (χ4n) is 1.44. The van der Waals surface area contributed by atoms with E-state index in [1.807, 2.05) is 27.7 Å². The van der Waals surface area contributed by atoms with E-state index in [2.05, 4.69) is 0 Å². The lowest BCUT2D eigenvalue weighted by Crippen LogP contribution is -2.35. The zero-order valence-electron chi connectivity index (χ0n) is 10.4. The van der Waals surface area contributed by atoms with Gasteiger partial charge in [-0.1, -0.05) is 27.7 Å². The molecular formula is C12H16F4Si. The molecule has 5 heteroatoms. The molecule has 0 saturated carbocycles. The van der Waals surface area contributed by atoms with Crippen LogP contribution >= 0.6 is 0 Å². The van der Waals surface area contributed by atoms with Gasteiger partial charge >= 0.3 is 0 Å². The number of benzene rings is 1. The van der Waals surface area contributed by atoms with Crippen molar-refractivity contribution in [3.05, 3.63) is 29.3 Å². The summed E-state index contributed by atoms with van der Waals surface area (Å²) in [5.41, 5.74) is 0. The average molecular weight is 264 g/mol. The molecular weight excluding hydrogens is 248 g/mol. The van der Waals surface area contributed by atoms with Gasteiger partial charge in [0, 0.05) is 11.3 Å². The molecule has 0 unspecified atom stereocenters. The zero-order chi connectivity index (χ0) is 13.4. The van der Waals surface area contributed by atoms with Crippen LogP contribution in [0.25, 0.3) is 0 Å². The maximum atomic E-state index is 13.5.